The highest BCUT2D eigenvalue weighted by Crippen LogP contribution is 2.42. The van der Waals surface area contributed by atoms with E-state index in [-0.39, 0.29) is 11.2 Å². The van der Waals surface area contributed by atoms with Crippen LogP contribution in [0.5, 0.6) is 0 Å². The first-order valence-electron chi connectivity index (χ1n) is 5.50. The molecule has 4 heteroatoms. The van der Waals surface area contributed by atoms with E-state index in [0.29, 0.717) is 12.2 Å². The fourth-order valence-corrected chi connectivity index (χ4v) is 2.18. The summed E-state index contributed by atoms with van der Waals surface area (Å²) in [6.07, 6.45) is 4.65. The van der Waals surface area contributed by atoms with Gasteiger partial charge in [-0.2, -0.15) is 5.10 Å². The van der Waals surface area contributed by atoms with Crippen LogP contribution in [0.25, 0.3) is 0 Å². The number of hydrogen-bond acceptors (Lipinski definition) is 3. The Kier molecular flexibility index (Phi) is 2.61. The summed E-state index contributed by atoms with van der Waals surface area (Å²) in [5.74, 6) is 0.176. The molecule has 4 nitrogen and oxygen atoms in total. The fourth-order valence-electron chi connectivity index (χ4n) is 2.18. The van der Waals surface area contributed by atoms with Gasteiger partial charge in [0.1, 0.15) is 5.69 Å². The number of aryl methyl sites for hydroxylation is 1. The summed E-state index contributed by atoms with van der Waals surface area (Å²) in [5, 5.41) is 4.12. The van der Waals surface area contributed by atoms with Crippen molar-refractivity contribution in [2.24, 2.45) is 11.1 Å². The first-order valence-corrected chi connectivity index (χ1v) is 5.50. The lowest BCUT2D eigenvalue weighted by atomic mass is 9.65. The van der Waals surface area contributed by atoms with E-state index in [9.17, 15) is 4.79 Å². The largest absolute Gasteiger partial charge is 0.329 e. The summed E-state index contributed by atoms with van der Waals surface area (Å²) in [6.45, 7) is 3.18. The van der Waals surface area contributed by atoms with Crippen molar-refractivity contribution < 1.29 is 4.79 Å². The van der Waals surface area contributed by atoms with Gasteiger partial charge in [-0.15, -0.1) is 0 Å². The maximum Gasteiger partial charge on any atom is 0.188 e. The zero-order valence-electron chi connectivity index (χ0n) is 9.07. The summed E-state index contributed by atoms with van der Waals surface area (Å²) in [6, 6.07) is 1.79. The van der Waals surface area contributed by atoms with Crippen molar-refractivity contribution in [1.82, 2.24) is 9.78 Å². The van der Waals surface area contributed by atoms with Crippen LogP contribution >= 0.6 is 0 Å². The van der Waals surface area contributed by atoms with Crippen LogP contribution < -0.4 is 5.73 Å². The minimum absolute atomic E-state index is 0.176. The molecule has 2 N–H and O–H groups in total. The first kappa shape index (κ1) is 10.4. The zero-order valence-corrected chi connectivity index (χ0v) is 9.07. The number of rotatable bonds is 4. The molecule has 1 heterocycles. The molecule has 15 heavy (non-hydrogen) atoms. The Morgan fingerprint density at radius 1 is 1.67 bits per heavy atom. The van der Waals surface area contributed by atoms with E-state index in [2.05, 4.69) is 5.10 Å². The number of carbonyl (C=O) groups excluding carboxylic acids is 1. The number of nitrogens with two attached hydrogens (primary N) is 1. The van der Waals surface area contributed by atoms with E-state index in [0.717, 1.165) is 25.8 Å². The Bertz CT molecular complexity index is 360. The van der Waals surface area contributed by atoms with Gasteiger partial charge in [-0.1, -0.05) is 6.42 Å². The molecule has 82 valence electrons. The van der Waals surface area contributed by atoms with Gasteiger partial charge in [-0.05, 0) is 25.8 Å². The maximum atomic E-state index is 12.3. The molecular weight excluding hydrogens is 190 g/mol. The topological polar surface area (TPSA) is 60.9 Å². The maximum absolute atomic E-state index is 12.3. The monoisotopic (exact) mass is 207 g/mol. The number of carbonyl (C=O) groups is 1. The van der Waals surface area contributed by atoms with Gasteiger partial charge in [0.15, 0.2) is 5.78 Å². The van der Waals surface area contributed by atoms with Crippen LogP contribution in [0.3, 0.4) is 0 Å². The molecule has 1 aromatic heterocycles. The van der Waals surface area contributed by atoms with E-state index in [1.165, 1.54) is 0 Å². The molecule has 0 unspecified atom stereocenters. The molecule has 0 aromatic carbocycles. The Morgan fingerprint density at radius 2 is 2.40 bits per heavy atom. The Balaban J connectivity index is 2.27. The highest BCUT2D eigenvalue weighted by atomic mass is 16.1. The molecule has 0 spiro atoms. The lowest BCUT2D eigenvalue weighted by molar-refractivity contribution is 0.0623. The third-order valence-corrected chi connectivity index (χ3v) is 3.43. The second-order valence-corrected chi connectivity index (χ2v) is 4.20. The average molecular weight is 207 g/mol. The van der Waals surface area contributed by atoms with Crippen LogP contribution in [0.15, 0.2) is 12.3 Å². The standard InChI is InChI=1S/C11H17N3O/c1-2-14-9(4-7-13-14)10(15)11(8-12)5-3-6-11/h4,7H,2-3,5-6,8,12H2,1H3. The summed E-state index contributed by atoms with van der Waals surface area (Å²) in [7, 11) is 0. The van der Waals surface area contributed by atoms with Gasteiger partial charge in [-0.25, -0.2) is 0 Å². The van der Waals surface area contributed by atoms with Crippen LogP contribution in [0, 0.1) is 5.41 Å². The summed E-state index contributed by atoms with van der Waals surface area (Å²) < 4.78 is 1.75. The lowest BCUT2D eigenvalue weighted by Gasteiger charge is -2.39. The molecule has 0 bridgehead atoms. The molecule has 1 aliphatic carbocycles. The lowest BCUT2D eigenvalue weighted by Crippen LogP contribution is -2.45. The van der Waals surface area contributed by atoms with Crippen molar-refractivity contribution in [3.05, 3.63) is 18.0 Å². The highest BCUT2D eigenvalue weighted by molar-refractivity contribution is 5.99. The summed E-state index contributed by atoms with van der Waals surface area (Å²) in [4.78, 5) is 12.3. The molecule has 0 aliphatic heterocycles. The summed E-state index contributed by atoms with van der Waals surface area (Å²) in [5.41, 5.74) is 6.14. The predicted molar refractivity (Wildman–Crippen MR) is 57.6 cm³/mol. The number of nitrogens with zero attached hydrogens (tertiary/aromatic N) is 2. The fraction of sp³-hybridized carbons (Fsp3) is 0.636. The Hall–Kier alpha value is -1.16. The van der Waals surface area contributed by atoms with Gasteiger partial charge < -0.3 is 5.73 Å². The van der Waals surface area contributed by atoms with E-state index in [1.54, 1.807) is 16.9 Å². The molecule has 1 fully saturated rings. The van der Waals surface area contributed by atoms with Crippen LogP contribution in [0.4, 0.5) is 0 Å². The van der Waals surface area contributed by atoms with Crippen LogP contribution in [0.1, 0.15) is 36.7 Å². The van der Waals surface area contributed by atoms with Crippen LogP contribution in [-0.2, 0) is 6.54 Å². The van der Waals surface area contributed by atoms with Gasteiger partial charge >= 0.3 is 0 Å². The minimum atomic E-state index is -0.285. The van der Waals surface area contributed by atoms with Gasteiger partial charge in [0, 0.05) is 24.7 Å². The highest BCUT2D eigenvalue weighted by Gasteiger charge is 2.44. The predicted octanol–water partition coefficient (Wildman–Crippen LogP) is 1.21. The molecule has 0 radical (unpaired) electrons. The summed E-state index contributed by atoms with van der Waals surface area (Å²) >= 11 is 0. The molecule has 0 saturated heterocycles. The number of ketones is 1. The normalized spacial score (nSPS) is 18.5. The number of Topliss-reactive ketones (excluding diaryl/α,β-unsaturated/α-hetero) is 1. The van der Waals surface area contributed by atoms with E-state index in [1.807, 2.05) is 6.92 Å². The quantitative estimate of drug-likeness (QED) is 0.755. The molecule has 0 amide bonds. The minimum Gasteiger partial charge on any atom is -0.329 e. The Labute approximate surface area is 89.5 Å². The third kappa shape index (κ3) is 1.49. The van der Waals surface area contributed by atoms with E-state index in [4.69, 9.17) is 5.73 Å². The number of hydrogen-bond donors (Lipinski definition) is 1. The van der Waals surface area contributed by atoms with E-state index < -0.39 is 0 Å². The number of aromatic nitrogens is 2. The first-order chi connectivity index (χ1) is 7.23. The van der Waals surface area contributed by atoms with Crippen molar-refractivity contribution >= 4 is 5.78 Å². The van der Waals surface area contributed by atoms with Crippen molar-refractivity contribution in [3.63, 3.8) is 0 Å². The van der Waals surface area contributed by atoms with Gasteiger partial charge in [0.2, 0.25) is 0 Å². The second kappa shape index (κ2) is 3.77. The smallest absolute Gasteiger partial charge is 0.188 e. The molecular formula is C11H17N3O. The van der Waals surface area contributed by atoms with Gasteiger partial charge in [-0.3, -0.25) is 9.48 Å². The van der Waals surface area contributed by atoms with Crippen molar-refractivity contribution in [2.45, 2.75) is 32.7 Å². The second-order valence-electron chi connectivity index (χ2n) is 4.20. The SMILES string of the molecule is CCn1nccc1C(=O)C1(CN)CCC1. The van der Waals surface area contributed by atoms with Crippen molar-refractivity contribution in [2.75, 3.05) is 6.54 Å². The molecule has 0 atom stereocenters. The Morgan fingerprint density at radius 3 is 2.87 bits per heavy atom. The van der Waals surface area contributed by atoms with Gasteiger partial charge in [0.25, 0.3) is 0 Å². The van der Waals surface area contributed by atoms with Gasteiger partial charge in [0.05, 0.1) is 0 Å². The van der Waals surface area contributed by atoms with Crippen LogP contribution in [0.2, 0.25) is 0 Å². The third-order valence-electron chi connectivity index (χ3n) is 3.43. The average Bonchev–Trinajstić information content (AvgIpc) is 2.64. The van der Waals surface area contributed by atoms with E-state index >= 15 is 0 Å². The zero-order chi connectivity index (χ0) is 10.9. The van der Waals surface area contributed by atoms with Crippen molar-refractivity contribution in [3.8, 4) is 0 Å². The van der Waals surface area contributed by atoms with Crippen LogP contribution in [-0.4, -0.2) is 22.1 Å². The van der Waals surface area contributed by atoms with Crippen molar-refractivity contribution in [1.29, 1.82) is 0 Å². The molecule has 1 aliphatic rings. The molecule has 2 rings (SSSR count). The molecule has 1 aromatic rings. The molecule has 1 saturated carbocycles.